The third-order valence-electron chi connectivity index (χ3n) is 3.40. The van der Waals surface area contributed by atoms with E-state index in [1.165, 1.54) is 11.3 Å². The fourth-order valence-corrected chi connectivity index (χ4v) is 3.10. The summed E-state index contributed by atoms with van der Waals surface area (Å²) in [6.07, 6.45) is 0.954. The molecule has 122 valence electrons. The maximum absolute atomic E-state index is 11.9. The fraction of sp³-hybridized carbons (Fsp3) is 0.294. The standard InChI is InChI=1S/C17H19ClN2O2S/c1-12(14-5-2-3-6-15(14)18)20-16(21)7-4-9-19-17(22)13-8-10-23-11-13/h2-3,5-6,8,10-12H,4,7,9H2,1H3,(H,19,22)(H,20,21). The van der Waals surface area contributed by atoms with E-state index in [0.717, 1.165) is 5.56 Å². The van der Waals surface area contributed by atoms with Gasteiger partial charge in [0.15, 0.2) is 0 Å². The van der Waals surface area contributed by atoms with Crippen molar-refractivity contribution >= 4 is 34.8 Å². The molecule has 0 fully saturated rings. The summed E-state index contributed by atoms with van der Waals surface area (Å²) in [5.74, 6) is -0.154. The average molecular weight is 351 g/mol. The molecule has 0 aliphatic rings. The van der Waals surface area contributed by atoms with Gasteiger partial charge >= 0.3 is 0 Å². The molecule has 1 unspecified atom stereocenters. The molecule has 1 atom stereocenters. The smallest absolute Gasteiger partial charge is 0.252 e. The summed E-state index contributed by atoms with van der Waals surface area (Å²) < 4.78 is 0. The van der Waals surface area contributed by atoms with Crippen LogP contribution in [0.25, 0.3) is 0 Å². The second kappa shape index (κ2) is 8.70. The highest BCUT2D eigenvalue weighted by Crippen LogP contribution is 2.22. The van der Waals surface area contributed by atoms with Gasteiger partial charge in [-0.15, -0.1) is 0 Å². The van der Waals surface area contributed by atoms with Gasteiger partial charge in [-0.2, -0.15) is 11.3 Å². The highest BCUT2D eigenvalue weighted by atomic mass is 35.5. The number of amides is 2. The van der Waals surface area contributed by atoms with Gasteiger partial charge in [-0.05, 0) is 36.4 Å². The maximum atomic E-state index is 11.9. The van der Waals surface area contributed by atoms with Crippen molar-refractivity contribution in [2.45, 2.75) is 25.8 Å². The van der Waals surface area contributed by atoms with Crippen molar-refractivity contribution in [3.63, 3.8) is 0 Å². The minimum Gasteiger partial charge on any atom is -0.352 e. The fourth-order valence-electron chi connectivity index (χ4n) is 2.16. The Labute approximate surface area is 144 Å². The molecule has 23 heavy (non-hydrogen) atoms. The molecule has 1 heterocycles. The molecule has 2 aromatic rings. The molecule has 0 aliphatic heterocycles. The number of hydrogen-bond donors (Lipinski definition) is 2. The summed E-state index contributed by atoms with van der Waals surface area (Å²) in [7, 11) is 0. The Morgan fingerprint density at radius 3 is 2.74 bits per heavy atom. The van der Waals surface area contributed by atoms with Crippen LogP contribution in [-0.4, -0.2) is 18.4 Å². The summed E-state index contributed by atoms with van der Waals surface area (Å²) in [5, 5.41) is 10.0. The van der Waals surface area contributed by atoms with Crippen LogP contribution in [0.2, 0.25) is 5.02 Å². The van der Waals surface area contributed by atoms with Crippen LogP contribution in [0.1, 0.15) is 41.7 Å². The predicted molar refractivity (Wildman–Crippen MR) is 93.9 cm³/mol. The number of halogens is 1. The third-order valence-corrected chi connectivity index (χ3v) is 4.43. The van der Waals surface area contributed by atoms with Crippen LogP contribution in [0.5, 0.6) is 0 Å². The molecule has 2 rings (SSSR count). The number of carbonyl (C=O) groups is 2. The van der Waals surface area contributed by atoms with E-state index < -0.39 is 0 Å². The Morgan fingerprint density at radius 2 is 2.04 bits per heavy atom. The van der Waals surface area contributed by atoms with Crippen molar-refractivity contribution in [1.82, 2.24) is 10.6 Å². The Balaban J connectivity index is 1.69. The second-order valence-corrected chi connectivity index (χ2v) is 6.37. The molecule has 1 aromatic carbocycles. The molecule has 4 nitrogen and oxygen atoms in total. The summed E-state index contributed by atoms with van der Waals surface area (Å²) in [5.41, 5.74) is 1.56. The van der Waals surface area contributed by atoms with Gasteiger partial charge in [0, 0.05) is 28.9 Å². The molecule has 2 N–H and O–H groups in total. The van der Waals surface area contributed by atoms with Crippen molar-refractivity contribution in [1.29, 1.82) is 0 Å². The number of rotatable bonds is 7. The number of hydrogen-bond acceptors (Lipinski definition) is 3. The number of thiophene rings is 1. The monoisotopic (exact) mass is 350 g/mol. The molecule has 6 heteroatoms. The molecule has 1 aromatic heterocycles. The van der Waals surface area contributed by atoms with E-state index in [9.17, 15) is 9.59 Å². The van der Waals surface area contributed by atoms with Gasteiger partial charge in [-0.25, -0.2) is 0 Å². The third kappa shape index (κ3) is 5.37. The Hall–Kier alpha value is -1.85. The van der Waals surface area contributed by atoms with E-state index in [4.69, 9.17) is 11.6 Å². The Morgan fingerprint density at radius 1 is 1.26 bits per heavy atom. The normalized spacial score (nSPS) is 11.7. The molecule has 0 spiro atoms. The van der Waals surface area contributed by atoms with Crippen LogP contribution in [0.4, 0.5) is 0 Å². The lowest BCUT2D eigenvalue weighted by Gasteiger charge is -2.15. The van der Waals surface area contributed by atoms with Crippen molar-refractivity contribution < 1.29 is 9.59 Å². The van der Waals surface area contributed by atoms with Crippen molar-refractivity contribution in [3.05, 3.63) is 57.2 Å². The molecule has 0 aliphatic carbocycles. The number of nitrogens with one attached hydrogen (secondary N) is 2. The van der Waals surface area contributed by atoms with Gasteiger partial charge in [0.2, 0.25) is 5.91 Å². The first-order valence-electron chi connectivity index (χ1n) is 7.42. The van der Waals surface area contributed by atoms with E-state index in [2.05, 4.69) is 10.6 Å². The van der Waals surface area contributed by atoms with Gasteiger partial charge in [0.25, 0.3) is 5.91 Å². The zero-order valence-corrected chi connectivity index (χ0v) is 14.4. The predicted octanol–water partition coefficient (Wildman–Crippen LogP) is 3.79. The molecular weight excluding hydrogens is 332 g/mol. The van der Waals surface area contributed by atoms with Gasteiger partial charge in [0.05, 0.1) is 6.04 Å². The van der Waals surface area contributed by atoms with Gasteiger partial charge in [-0.1, -0.05) is 29.8 Å². The summed E-state index contributed by atoms with van der Waals surface area (Å²) in [4.78, 5) is 23.7. The van der Waals surface area contributed by atoms with Crippen molar-refractivity contribution in [3.8, 4) is 0 Å². The summed E-state index contributed by atoms with van der Waals surface area (Å²) in [6.45, 7) is 2.38. The van der Waals surface area contributed by atoms with Crippen LogP contribution in [-0.2, 0) is 4.79 Å². The highest BCUT2D eigenvalue weighted by molar-refractivity contribution is 7.08. The Bertz CT molecular complexity index is 658. The quantitative estimate of drug-likeness (QED) is 0.746. The van der Waals surface area contributed by atoms with Gasteiger partial charge in [0.1, 0.15) is 0 Å². The van der Waals surface area contributed by atoms with Crippen molar-refractivity contribution in [2.24, 2.45) is 0 Å². The van der Waals surface area contributed by atoms with Crippen LogP contribution in [0.15, 0.2) is 41.1 Å². The minimum absolute atomic E-state index is 0.0535. The number of carbonyl (C=O) groups excluding carboxylic acids is 2. The lowest BCUT2D eigenvalue weighted by atomic mass is 10.1. The summed E-state index contributed by atoms with van der Waals surface area (Å²) >= 11 is 7.60. The zero-order valence-electron chi connectivity index (χ0n) is 12.8. The largest absolute Gasteiger partial charge is 0.352 e. The molecule has 0 saturated carbocycles. The average Bonchev–Trinajstić information content (AvgIpc) is 3.06. The van der Waals surface area contributed by atoms with Crippen LogP contribution >= 0.6 is 22.9 Å². The first-order chi connectivity index (χ1) is 11.1. The van der Waals surface area contributed by atoms with E-state index in [1.54, 1.807) is 17.5 Å². The first kappa shape index (κ1) is 17.5. The van der Waals surface area contributed by atoms with E-state index in [0.29, 0.717) is 30.0 Å². The topological polar surface area (TPSA) is 58.2 Å². The van der Waals surface area contributed by atoms with Gasteiger partial charge in [-0.3, -0.25) is 9.59 Å². The van der Waals surface area contributed by atoms with E-state index in [1.807, 2.05) is 30.5 Å². The van der Waals surface area contributed by atoms with Crippen LogP contribution in [0.3, 0.4) is 0 Å². The zero-order chi connectivity index (χ0) is 16.7. The second-order valence-electron chi connectivity index (χ2n) is 5.18. The number of benzene rings is 1. The lowest BCUT2D eigenvalue weighted by molar-refractivity contribution is -0.121. The molecule has 2 amide bonds. The van der Waals surface area contributed by atoms with E-state index in [-0.39, 0.29) is 17.9 Å². The van der Waals surface area contributed by atoms with Crippen molar-refractivity contribution in [2.75, 3.05) is 6.54 Å². The minimum atomic E-state index is -0.142. The first-order valence-corrected chi connectivity index (χ1v) is 8.74. The van der Waals surface area contributed by atoms with Crippen LogP contribution in [0, 0.1) is 0 Å². The molecular formula is C17H19ClN2O2S. The molecule has 0 radical (unpaired) electrons. The van der Waals surface area contributed by atoms with E-state index >= 15 is 0 Å². The SMILES string of the molecule is CC(NC(=O)CCCNC(=O)c1ccsc1)c1ccccc1Cl. The highest BCUT2D eigenvalue weighted by Gasteiger charge is 2.12. The van der Waals surface area contributed by atoms with Gasteiger partial charge < -0.3 is 10.6 Å². The lowest BCUT2D eigenvalue weighted by Crippen LogP contribution is -2.29. The molecule has 0 saturated heterocycles. The molecule has 0 bridgehead atoms. The van der Waals surface area contributed by atoms with Crippen LogP contribution < -0.4 is 10.6 Å². The maximum Gasteiger partial charge on any atom is 0.252 e. The Kier molecular flexibility index (Phi) is 6.62. The summed E-state index contributed by atoms with van der Waals surface area (Å²) in [6, 6.07) is 9.09.